The van der Waals surface area contributed by atoms with Crippen LogP contribution in [0.1, 0.15) is 32.0 Å². The molecule has 25 heavy (non-hydrogen) atoms. The van der Waals surface area contributed by atoms with Gasteiger partial charge in [-0.05, 0) is 37.1 Å². The first-order chi connectivity index (χ1) is 12.1. The lowest BCUT2D eigenvalue weighted by atomic mass is 10.2. The molecule has 0 aliphatic carbocycles. The van der Waals surface area contributed by atoms with Crippen molar-refractivity contribution in [1.82, 2.24) is 14.8 Å². The van der Waals surface area contributed by atoms with Crippen LogP contribution in [0, 0.1) is 0 Å². The second kappa shape index (κ2) is 8.15. The fourth-order valence-corrected chi connectivity index (χ4v) is 3.52. The second-order valence-electron chi connectivity index (χ2n) is 5.96. The number of nitrogens with one attached hydrogen (secondary N) is 2. The fraction of sp³-hybridized carbons (Fsp3) is 0.412. The Kier molecular flexibility index (Phi) is 5.70. The van der Waals surface area contributed by atoms with Crippen molar-refractivity contribution in [1.29, 1.82) is 0 Å². The molecule has 8 heteroatoms. The zero-order chi connectivity index (χ0) is 17.6. The molecule has 0 unspecified atom stereocenters. The van der Waals surface area contributed by atoms with Crippen molar-refractivity contribution in [2.75, 3.05) is 16.4 Å². The molecule has 2 aromatic rings. The number of aromatic nitrogens is 3. The summed E-state index contributed by atoms with van der Waals surface area (Å²) in [6.07, 6.45) is 4.45. The van der Waals surface area contributed by atoms with Gasteiger partial charge >= 0.3 is 0 Å². The van der Waals surface area contributed by atoms with Crippen LogP contribution in [-0.4, -0.2) is 32.3 Å². The van der Waals surface area contributed by atoms with E-state index in [-0.39, 0.29) is 17.6 Å². The van der Waals surface area contributed by atoms with Crippen molar-refractivity contribution in [3.63, 3.8) is 0 Å². The minimum Gasteiger partial charge on any atom is -0.326 e. The molecule has 132 valence electrons. The van der Waals surface area contributed by atoms with Crippen LogP contribution in [0.3, 0.4) is 0 Å². The number of rotatable bonds is 5. The van der Waals surface area contributed by atoms with E-state index in [0.29, 0.717) is 11.4 Å². The van der Waals surface area contributed by atoms with E-state index < -0.39 is 0 Å². The van der Waals surface area contributed by atoms with Crippen LogP contribution in [0.25, 0.3) is 0 Å². The highest BCUT2D eigenvalue weighted by atomic mass is 32.2. The SMILES string of the molecule is CC(=O)Nc1ccc(NC(=O)CSc2nnc3n2CCCCC3)cc1. The zero-order valence-electron chi connectivity index (χ0n) is 14.1. The normalized spacial score (nSPS) is 13.6. The number of carbonyl (C=O) groups is 2. The maximum Gasteiger partial charge on any atom is 0.234 e. The Morgan fingerprint density at radius 2 is 1.80 bits per heavy atom. The minimum atomic E-state index is -0.124. The highest BCUT2D eigenvalue weighted by Crippen LogP contribution is 2.22. The third-order valence-corrected chi connectivity index (χ3v) is 4.86. The average molecular weight is 359 g/mol. The Morgan fingerprint density at radius 3 is 2.52 bits per heavy atom. The van der Waals surface area contributed by atoms with Gasteiger partial charge in [-0.3, -0.25) is 9.59 Å². The molecule has 3 rings (SSSR count). The molecule has 7 nitrogen and oxygen atoms in total. The molecule has 2 amide bonds. The molecule has 0 fully saturated rings. The molecule has 0 saturated heterocycles. The molecule has 1 aliphatic heterocycles. The van der Waals surface area contributed by atoms with Gasteiger partial charge < -0.3 is 15.2 Å². The lowest BCUT2D eigenvalue weighted by Gasteiger charge is -2.08. The van der Waals surface area contributed by atoms with Crippen molar-refractivity contribution >= 4 is 35.0 Å². The largest absolute Gasteiger partial charge is 0.326 e. The summed E-state index contributed by atoms with van der Waals surface area (Å²) in [5.74, 6) is 1.09. The number of anilines is 2. The number of hydrogen-bond acceptors (Lipinski definition) is 5. The van der Waals surface area contributed by atoms with Gasteiger partial charge in [-0.2, -0.15) is 0 Å². The number of aryl methyl sites for hydroxylation is 1. The van der Waals surface area contributed by atoms with Crippen molar-refractivity contribution < 1.29 is 9.59 Å². The van der Waals surface area contributed by atoms with E-state index in [1.54, 1.807) is 24.3 Å². The topological polar surface area (TPSA) is 88.9 Å². The van der Waals surface area contributed by atoms with Gasteiger partial charge in [-0.15, -0.1) is 10.2 Å². The summed E-state index contributed by atoms with van der Waals surface area (Å²) in [5.41, 5.74) is 1.39. The molecule has 0 radical (unpaired) electrons. The van der Waals surface area contributed by atoms with Gasteiger partial charge in [0.05, 0.1) is 5.75 Å². The standard InChI is InChI=1S/C17H21N5O2S/c1-12(23)18-13-6-8-14(9-7-13)19-16(24)11-25-17-21-20-15-5-3-2-4-10-22(15)17/h6-9H,2-5,10-11H2,1H3,(H,18,23)(H,19,24). The smallest absolute Gasteiger partial charge is 0.234 e. The van der Waals surface area contributed by atoms with Gasteiger partial charge in [0.2, 0.25) is 11.8 Å². The molecule has 0 bridgehead atoms. The van der Waals surface area contributed by atoms with Crippen LogP contribution in [0.4, 0.5) is 11.4 Å². The fourth-order valence-electron chi connectivity index (χ4n) is 2.73. The number of hydrogen-bond donors (Lipinski definition) is 2. The molecule has 0 spiro atoms. The van der Waals surface area contributed by atoms with Crippen LogP contribution < -0.4 is 10.6 Å². The molecule has 1 aliphatic rings. The maximum atomic E-state index is 12.1. The third kappa shape index (κ3) is 4.82. The van der Waals surface area contributed by atoms with Crippen molar-refractivity contribution in [2.24, 2.45) is 0 Å². The average Bonchev–Trinajstić information content (AvgIpc) is 2.81. The van der Waals surface area contributed by atoms with Gasteiger partial charge in [0, 0.05) is 31.3 Å². The number of thioether (sulfide) groups is 1. The Morgan fingerprint density at radius 1 is 1.08 bits per heavy atom. The van der Waals surface area contributed by atoms with Gasteiger partial charge in [-0.25, -0.2) is 0 Å². The van der Waals surface area contributed by atoms with E-state index in [4.69, 9.17) is 0 Å². The number of nitrogens with zero attached hydrogens (tertiary/aromatic N) is 3. The Labute approximate surface area is 150 Å². The van der Waals surface area contributed by atoms with E-state index in [9.17, 15) is 9.59 Å². The highest BCUT2D eigenvalue weighted by molar-refractivity contribution is 7.99. The quantitative estimate of drug-likeness (QED) is 0.801. The molecular weight excluding hydrogens is 338 g/mol. The van der Waals surface area contributed by atoms with Gasteiger partial charge in [0.25, 0.3) is 0 Å². The van der Waals surface area contributed by atoms with Crippen molar-refractivity contribution in [3.8, 4) is 0 Å². The molecule has 2 N–H and O–H groups in total. The molecule has 2 heterocycles. The highest BCUT2D eigenvalue weighted by Gasteiger charge is 2.16. The van der Waals surface area contributed by atoms with E-state index in [2.05, 4.69) is 25.4 Å². The van der Waals surface area contributed by atoms with Gasteiger partial charge in [0.15, 0.2) is 5.16 Å². The number of fused-ring (bicyclic) bond motifs is 1. The predicted molar refractivity (Wildman–Crippen MR) is 97.7 cm³/mol. The molecule has 0 saturated carbocycles. The summed E-state index contributed by atoms with van der Waals surface area (Å²) in [6.45, 7) is 2.38. The summed E-state index contributed by atoms with van der Waals surface area (Å²) in [4.78, 5) is 23.1. The van der Waals surface area contributed by atoms with Gasteiger partial charge in [-0.1, -0.05) is 18.2 Å². The molecule has 1 aromatic carbocycles. The van der Waals surface area contributed by atoms with E-state index in [0.717, 1.165) is 36.8 Å². The zero-order valence-corrected chi connectivity index (χ0v) is 14.9. The lowest BCUT2D eigenvalue weighted by Crippen LogP contribution is -2.15. The van der Waals surface area contributed by atoms with E-state index >= 15 is 0 Å². The Balaban J connectivity index is 1.53. The summed E-state index contributed by atoms with van der Waals surface area (Å²) < 4.78 is 2.13. The summed E-state index contributed by atoms with van der Waals surface area (Å²) in [7, 11) is 0. The van der Waals surface area contributed by atoms with E-state index in [1.807, 2.05) is 0 Å². The molecular formula is C17H21N5O2S. The van der Waals surface area contributed by atoms with Crippen LogP contribution >= 0.6 is 11.8 Å². The summed E-state index contributed by atoms with van der Waals surface area (Å²) in [6, 6.07) is 7.03. The first-order valence-corrected chi connectivity index (χ1v) is 9.33. The first kappa shape index (κ1) is 17.5. The van der Waals surface area contributed by atoms with Gasteiger partial charge in [0.1, 0.15) is 5.82 Å². The maximum absolute atomic E-state index is 12.1. The van der Waals surface area contributed by atoms with Crippen LogP contribution in [0.5, 0.6) is 0 Å². The monoisotopic (exact) mass is 359 g/mol. The van der Waals surface area contributed by atoms with Crippen LogP contribution in [0.2, 0.25) is 0 Å². The predicted octanol–water partition coefficient (Wildman–Crippen LogP) is 2.69. The first-order valence-electron chi connectivity index (χ1n) is 8.34. The Bertz CT molecular complexity index is 757. The summed E-state index contributed by atoms with van der Waals surface area (Å²) in [5, 5.41) is 14.8. The second-order valence-corrected chi connectivity index (χ2v) is 6.90. The molecule has 0 atom stereocenters. The van der Waals surface area contributed by atoms with Crippen molar-refractivity contribution in [2.45, 2.75) is 44.3 Å². The number of amides is 2. The van der Waals surface area contributed by atoms with Crippen LogP contribution in [0.15, 0.2) is 29.4 Å². The summed E-state index contributed by atoms with van der Waals surface area (Å²) >= 11 is 1.41. The van der Waals surface area contributed by atoms with Crippen molar-refractivity contribution in [3.05, 3.63) is 30.1 Å². The van der Waals surface area contributed by atoms with E-state index in [1.165, 1.54) is 25.1 Å². The lowest BCUT2D eigenvalue weighted by molar-refractivity contribution is -0.114. The minimum absolute atomic E-state index is 0.0942. The third-order valence-electron chi connectivity index (χ3n) is 3.90. The molecule has 1 aromatic heterocycles. The number of benzene rings is 1. The Hall–Kier alpha value is -2.35. The van der Waals surface area contributed by atoms with Crippen LogP contribution in [-0.2, 0) is 22.6 Å². The number of carbonyl (C=O) groups excluding carboxylic acids is 2.